The molecule has 110 valence electrons. The van der Waals surface area contributed by atoms with Gasteiger partial charge in [-0.25, -0.2) is 14.8 Å². The van der Waals surface area contributed by atoms with Crippen LogP contribution < -0.4 is 9.64 Å². The van der Waals surface area contributed by atoms with Gasteiger partial charge in [-0.15, -0.1) is 0 Å². The minimum atomic E-state index is -1.02. The van der Waals surface area contributed by atoms with Gasteiger partial charge in [-0.2, -0.15) is 0 Å². The van der Waals surface area contributed by atoms with Crippen LogP contribution in [0.2, 0.25) is 0 Å². The van der Waals surface area contributed by atoms with E-state index in [0.717, 1.165) is 11.3 Å². The summed E-state index contributed by atoms with van der Waals surface area (Å²) in [7, 11) is 3.49. The number of hydrogen-bond acceptors (Lipinski definition) is 5. The Balaban J connectivity index is 2.14. The maximum absolute atomic E-state index is 10.9. The molecular weight excluding hydrogens is 270 g/mol. The maximum Gasteiger partial charge on any atom is 0.339 e. The van der Waals surface area contributed by atoms with Gasteiger partial charge in [0.15, 0.2) is 0 Å². The van der Waals surface area contributed by atoms with Crippen LogP contribution in [0.25, 0.3) is 0 Å². The van der Waals surface area contributed by atoms with Crippen LogP contribution >= 0.6 is 0 Å². The Morgan fingerprint density at radius 1 is 1.33 bits per heavy atom. The molecule has 0 aliphatic rings. The number of benzene rings is 1. The van der Waals surface area contributed by atoms with E-state index in [2.05, 4.69) is 9.97 Å². The van der Waals surface area contributed by atoms with Gasteiger partial charge in [-0.3, -0.25) is 0 Å². The van der Waals surface area contributed by atoms with Crippen LogP contribution in [0.15, 0.2) is 30.5 Å². The molecule has 6 heteroatoms. The lowest BCUT2D eigenvalue weighted by molar-refractivity contribution is 0.0695. The van der Waals surface area contributed by atoms with Crippen LogP contribution in [-0.4, -0.2) is 35.2 Å². The molecule has 6 nitrogen and oxygen atoms in total. The molecule has 21 heavy (non-hydrogen) atoms. The van der Waals surface area contributed by atoms with E-state index in [9.17, 15) is 4.79 Å². The number of ether oxygens (including phenoxy) is 1. The number of aryl methyl sites for hydroxylation is 1. The number of carboxylic acids is 1. The number of rotatable bonds is 5. The summed E-state index contributed by atoms with van der Waals surface area (Å²) in [6, 6.07) is 7.72. The monoisotopic (exact) mass is 287 g/mol. The zero-order valence-corrected chi connectivity index (χ0v) is 12.2. The fourth-order valence-corrected chi connectivity index (χ4v) is 1.92. The Hall–Kier alpha value is -2.63. The van der Waals surface area contributed by atoms with Crippen LogP contribution in [0, 0.1) is 6.92 Å². The largest absolute Gasteiger partial charge is 0.497 e. The van der Waals surface area contributed by atoms with Crippen LogP contribution in [0.5, 0.6) is 5.75 Å². The van der Waals surface area contributed by atoms with Gasteiger partial charge >= 0.3 is 5.97 Å². The molecule has 1 aromatic heterocycles. The fraction of sp³-hybridized carbons (Fsp3) is 0.267. The standard InChI is InChI=1S/C15H17N3O3/c1-10-13(14(19)20)8-16-15(17-10)18(2)9-11-4-6-12(21-3)7-5-11/h4-8H,9H2,1-3H3,(H,19,20). The quantitative estimate of drug-likeness (QED) is 0.908. The summed E-state index contributed by atoms with van der Waals surface area (Å²) in [5.41, 5.74) is 1.66. The Bertz CT molecular complexity index is 641. The van der Waals surface area contributed by atoms with Crippen LogP contribution in [0.1, 0.15) is 21.6 Å². The van der Waals surface area contributed by atoms with Crippen LogP contribution in [-0.2, 0) is 6.54 Å². The Morgan fingerprint density at radius 2 is 2.00 bits per heavy atom. The number of nitrogens with zero attached hydrogens (tertiary/aromatic N) is 3. The van der Waals surface area contributed by atoms with Crippen molar-refractivity contribution in [2.45, 2.75) is 13.5 Å². The third kappa shape index (κ3) is 3.47. The fourth-order valence-electron chi connectivity index (χ4n) is 1.92. The van der Waals surface area contributed by atoms with Gasteiger partial charge in [0.2, 0.25) is 5.95 Å². The summed E-state index contributed by atoms with van der Waals surface area (Å²) in [5, 5.41) is 8.97. The number of aromatic carboxylic acids is 1. The van der Waals surface area contributed by atoms with E-state index in [4.69, 9.17) is 9.84 Å². The average Bonchev–Trinajstić information content (AvgIpc) is 2.47. The average molecular weight is 287 g/mol. The van der Waals surface area contributed by atoms with Gasteiger partial charge in [0.25, 0.3) is 0 Å². The summed E-state index contributed by atoms with van der Waals surface area (Å²) >= 11 is 0. The van der Waals surface area contributed by atoms with Crippen molar-refractivity contribution < 1.29 is 14.6 Å². The molecule has 1 heterocycles. The SMILES string of the molecule is COc1ccc(CN(C)c2ncc(C(=O)O)c(C)n2)cc1. The third-order valence-corrected chi connectivity index (χ3v) is 3.12. The van der Waals surface area contributed by atoms with E-state index in [1.807, 2.05) is 36.2 Å². The highest BCUT2D eigenvalue weighted by Crippen LogP contribution is 2.15. The van der Waals surface area contributed by atoms with Gasteiger partial charge in [-0.05, 0) is 24.6 Å². The molecule has 0 saturated heterocycles. The molecule has 0 aliphatic heterocycles. The molecule has 0 fully saturated rings. The summed E-state index contributed by atoms with van der Waals surface area (Å²) in [6.45, 7) is 2.28. The van der Waals surface area contributed by atoms with Crippen molar-refractivity contribution in [3.63, 3.8) is 0 Å². The van der Waals surface area contributed by atoms with Crippen molar-refractivity contribution in [1.29, 1.82) is 0 Å². The Labute approximate surface area is 123 Å². The minimum absolute atomic E-state index is 0.122. The maximum atomic E-state index is 10.9. The van der Waals surface area contributed by atoms with Crippen molar-refractivity contribution in [3.05, 3.63) is 47.3 Å². The highest BCUT2D eigenvalue weighted by atomic mass is 16.5. The predicted molar refractivity (Wildman–Crippen MR) is 78.8 cm³/mol. The first-order valence-electron chi connectivity index (χ1n) is 6.42. The number of hydrogen-bond donors (Lipinski definition) is 1. The molecule has 0 amide bonds. The van der Waals surface area contributed by atoms with E-state index < -0.39 is 5.97 Å². The second-order valence-electron chi connectivity index (χ2n) is 4.68. The molecule has 1 N–H and O–H groups in total. The van der Waals surface area contributed by atoms with E-state index >= 15 is 0 Å². The van der Waals surface area contributed by atoms with E-state index in [-0.39, 0.29) is 5.56 Å². The van der Waals surface area contributed by atoms with E-state index in [1.54, 1.807) is 14.0 Å². The summed E-state index contributed by atoms with van der Waals surface area (Å²) < 4.78 is 5.12. The Kier molecular flexibility index (Phi) is 4.37. The molecule has 0 spiro atoms. The Morgan fingerprint density at radius 3 is 2.52 bits per heavy atom. The first-order valence-corrected chi connectivity index (χ1v) is 6.42. The molecule has 0 saturated carbocycles. The van der Waals surface area contributed by atoms with Gasteiger partial charge in [0.1, 0.15) is 5.75 Å². The van der Waals surface area contributed by atoms with Crippen LogP contribution in [0.4, 0.5) is 5.95 Å². The first-order chi connectivity index (χ1) is 10.0. The first kappa shape index (κ1) is 14.8. The normalized spacial score (nSPS) is 10.2. The summed E-state index contributed by atoms with van der Waals surface area (Å²) in [6.07, 6.45) is 1.34. The van der Waals surface area contributed by atoms with Crippen molar-refractivity contribution >= 4 is 11.9 Å². The number of methoxy groups -OCH3 is 1. The molecule has 0 aliphatic carbocycles. The molecule has 0 atom stereocenters. The minimum Gasteiger partial charge on any atom is -0.497 e. The second-order valence-corrected chi connectivity index (χ2v) is 4.68. The molecule has 0 unspecified atom stereocenters. The zero-order valence-electron chi connectivity index (χ0n) is 12.2. The van der Waals surface area contributed by atoms with Crippen molar-refractivity contribution in [2.24, 2.45) is 0 Å². The molecule has 2 rings (SSSR count). The van der Waals surface area contributed by atoms with Crippen molar-refractivity contribution in [2.75, 3.05) is 19.1 Å². The molecule has 0 bridgehead atoms. The van der Waals surface area contributed by atoms with Crippen molar-refractivity contribution in [1.82, 2.24) is 9.97 Å². The van der Waals surface area contributed by atoms with Gasteiger partial charge in [0.05, 0.1) is 18.4 Å². The summed E-state index contributed by atoms with van der Waals surface area (Å²) in [5.74, 6) is 0.282. The number of anilines is 1. The van der Waals surface area contributed by atoms with E-state index in [0.29, 0.717) is 18.2 Å². The topological polar surface area (TPSA) is 75.5 Å². The highest BCUT2D eigenvalue weighted by Gasteiger charge is 2.12. The van der Waals surface area contributed by atoms with Gasteiger partial charge in [-0.1, -0.05) is 12.1 Å². The van der Waals surface area contributed by atoms with Crippen LogP contribution in [0.3, 0.4) is 0 Å². The number of aromatic nitrogens is 2. The van der Waals surface area contributed by atoms with E-state index in [1.165, 1.54) is 6.20 Å². The predicted octanol–water partition coefficient (Wildman–Crippen LogP) is 2.13. The lowest BCUT2D eigenvalue weighted by Gasteiger charge is -2.18. The summed E-state index contributed by atoms with van der Waals surface area (Å²) in [4.78, 5) is 21.1. The lowest BCUT2D eigenvalue weighted by atomic mass is 10.2. The number of carbonyl (C=O) groups is 1. The lowest BCUT2D eigenvalue weighted by Crippen LogP contribution is -2.20. The molecule has 1 aromatic carbocycles. The third-order valence-electron chi connectivity index (χ3n) is 3.12. The molecule has 2 aromatic rings. The molecule has 0 radical (unpaired) electrons. The van der Waals surface area contributed by atoms with Gasteiger partial charge in [0, 0.05) is 19.8 Å². The second kappa shape index (κ2) is 6.21. The number of carboxylic acid groups (broad SMARTS) is 1. The van der Waals surface area contributed by atoms with Crippen molar-refractivity contribution in [3.8, 4) is 5.75 Å². The molecular formula is C15H17N3O3. The zero-order chi connectivity index (χ0) is 15.4. The van der Waals surface area contributed by atoms with Gasteiger partial charge < -0.3 is 14.7 Å². The smallest absolute Gasteiger partial charge is 0.339 e. The highest BCUT2D eigenvalue weighted by molar-refractivity contribution is 5.88.